The molecule has 0 unspecified atom stereocenters. The van der Waals surface area contributed by atoms with E-state index in [-0.39, 0.29) is 12.0 Å². The number of nitrogens with one attached hydrogen (secondary N) is 4. The predicted molar refractivity (Wildman–Crippen MR) is 185 cm³/mol. The average Bonchev–Trinajstić information content (AvgIpc) is 3.49. The van der Waals surface area contributed by atoms with Crippen LogP contribution in [0.25, 0.3) is 16.5 Å². The predicted octanol–water partition coefficient (Wildman–Crippen LogP) is 6.74. The van der Waals surface area contributed by atoms with Crippen LogP contribution in [-0.2, 0) is 21.5 Å². The fourth-order valence-electron chi connectivity index (χ4n) is 5.17. The first-order valence-corrected chi connectivity index (χ1v) is 15.8. The number of amides is 3. The highest BCUT2D eigenvalue weighted by molar-refractivity contribution is 6.07. The largest absolute Gasteiger partial charge is 0.488 e. The molecule has 12 heteroatoms. The Morgan fingerprint density at radius 1 is 0.979 bits per heavy atom. The number of aryl methyl sites for hydroxylation is 1. The van der Waals surface area contributed by atoms with Crippen molar-refractivity contribution in [3.63, 3.8) is 0 Å². The molecule has 248 valence electrons. The molecule has 3 amide bonds. The van der Waals surface area contributed by atoms with E-state index in [1.165, 1.54) is 0 Å². The molecule has 4 N–H and O–H groups in total. The van der Waals surface area contributed by atoms with Gasteiger partial charge in [-0.2, -0.15) is 5.10 Å². The quantitative estimate of drug-likeness (QED) is 0.145. The maximum absolute atomic E-state index is 13.4. The van der Waals surface area contributed by atoms with Gasteiger partial charge >= 0.3 is 12.1 Å². The van der Waals surface area contributed by atoms with Gasteiger partial charge in [-0.25, -0.2) is 19.3 Å². The highest BCUT2D eigenvalue weighted by atomic mass is 16.6. The molecule has 3 heterocycles. The summed E-state index contributed by atoms with van der Waals surface area (Å²) in [6, 6.07) is 24.4. The van der Waals surface area contributed by atoms with Gasteiger partial charge < -0.3 is 19.5 Å². The number of pyridine rings is 1. The fourth-order valence-corrected chi connectivity index (χ4v) is 5.17. The molecule has 5 aromatic rings. The number of fused-ring (bicyclic) bond motifs is 1. The zero-order valence-corrected chi connectivity index (χ0v) is 27.4. The Hall–Kier alpha value is -5.46. The molecule has 0 radical (unpaired) electrons. The molecule has 1 aliphatic heterocycles. The van der Waals surface area contributed by atoms with Crippen LogP contribution < -0.4 is 26.0 Å². The second kappa shape index (κ2) is 14.1. The molecule has 48 heavy (non-hydrogen) atoms. The summed E-state index contributed by atoms with van der Waals surface area (Å²) < 4.78 is 18.6. The van der Waals surface area contributed by atoms with Crippen LogP contribution in [0.3, 0.4) is 0 Å². The molecule has 0 aliphatic carbocycles. The van der Waals surface area contributed by atoms with Crippen molar-refractivity contribution >= 4 is 40.2 Å². The maximum Gasteiger partial charge on any atom is 0.414 e. The lowest BCUT2D eigenvalue weighted by Gasteiger charge is -2.23. The molecule has 6 rings (SSSR count). The molecule has 0 spiro atoms. The van der Waals surface area contributed by atoms with Crippen LogP contribution in [0.5, 0.6) is 5.75 Å². The van der Waals surface area contributed by atoms with E-state index in [1.54, 1.807) is 16.9 Å². The third-order valence-electron chi connectivity index (χ3n) is 7.72. The van der Waals surface area contributed by atoms with E-state index < -0.39 is 18.4 Å². The third-order valence-corrected chi connectivity index (χ3v) is 7.72. The molecular formula is C36H39N7O5. The summed E-state index contributed by atoms with van der Waals surface area (Å²) in [7, 11) is 0. The molecule has 1 saturated heterocycles. The number of carbonyl (C=O) groups excluding carboxylic acids is 2. The van der Waals surface area contributed by atoms with E-state index in [2.05, 4.69) is 47.0 Å². The summed E-state index contributed by atoms with van der Waals surface area (Å²) in [6.07, 6.45) is 0.455. The highest BCUT2D eigenvalue weighted by Gasteiger charge is 2.22. The molecular weight excluding hydrogens is 610 g/mol. The topological polar surface area (TPSA) is 141 Å². The van der Waals surface area contributed by atoms with Gasteiger partial charge in [0.2, 0.25) is 0 Å². The van der Waals surface area contributed by atoms with Crippen molar-refractivity contribution in [2.24, 2.45) is 0 Å². The summed E-state index contributed by atoms with van der Waals surface area (Å²) in [5, 5.41) is 18.2. The Bertz CT molecular complexity index is 1910. The van der Waals surface area contributed by atoms with Crippen molar-refractivity contribution in [1.29, 1.82) is 0 Å². The lowest BCUT2D eigenvalue weighted by Crippen LogP contribution is -2.44. The molecule has 1 atom stereocenters. The van der Waals surface area contributed by atoms with Crippen molar-refractivity contribution in [2.45, 2.75) is 45.9 Å². The van der Waals surface area contributed by atoms with Crippen LogP contribution >= 0.6 is 0 Å². The molecule has 0 saturated carbocycles. The lowest BCUT2D eigenvalue weighted by molar-refractivity contribution is -0.0224. The van der Waals surface area contributed by atoms with Gasteiger partial charge in [0.05, 0.1) is 30.3 Å². The minimum atomic E-state index is -0.629. The number of aromatic nitrogens is 3. The SMILES string of the molecule is Cc1ccc(-n2nc(C(C)(C)C)cc2NC(=O)Nc2ccc(OCc3ccnc(NC(=O)O[C@@H]4COCCN4)c3)c3ccccc23)cc1. The molecule has 1 aliphatic rings. The minimum absolute atomic E-state index is 0.211. The number of benzene rings is 3. The van der Waals surface area contributed by atoms with Crippen molar-refractivity contribution in [3.8, 4) is 11.4 Å². The number of morpholine rings is 1. The van der Waals surface area contributed by atoms with Crippen LogP contribution in [0.2, 0.25) is 0 Å². The Morgan fingerprint density at radius 3 is 2.52 bits per heavy atom. The zero-order chi connectivity index (χ0) is 33.7. The highest BCUT2D eigenvalue weighted by Crippen LogP contribution is 2.33. The number of rotatable bonds is 8. The van der Waals surface area contributed by atoms with E-state index in [4.69, 9.17) is 19.3 Å². The van der Waals surface area contributed by atoms with E-state index in [1.807, 2.05) is 79.7 Å². The van der Waals surface area contributed by atoms with Crippen LogP contribution in [-0.4, -0.2) is 52.9 Å². The fraction of sp³-hybridized carbons (Fsp3) is 0.278. The van der Waals surface area contributed by atoms with Gasteiger partial charge in [0.25, 0.3) is 0 Å². The summed E-state index contributed by atoms with van der Waals surface area (Å²) in [6.45, 7) is 9.99. The van der Waals surface area contributed by atoms with Crippen LogP contribution in [0.15, 0.2) is 85.1 Å². The third kappa shape index (κ3) is 7.91. The first kappa shape index (κ1) is 32.5. The van der Waals surface area contributed by atoms with E-state index in [9.17, 15) is 9.59 Å². The number of nitrogens with zero attached hydrogens (tertiary/aromatic N) is 3. The number of anilines is 3. The van der Waals surface area contributed by atoms with Gasteiger partial charge in [0.15, 0.2) is 6.23 Å². The number of urea groups is 1. The Balaban J connectivity index is 1.14. The lowest BCUT2D eigenvalue weighted by atomic mass is 9.92. The van der Waals surface area contributed by atoms with Gasteiger partial charge in [-0.3, -0.25) is 16.0 Å². The van der Waals surface area contributed by atoms with Crippen molar-refractivity contribution in [1.82, 2.24) is 20.1 Å². The summed E-state index contributed by atoms with van der Waals surface area (Å²) in [5.41, 5.74) is 4.05. The van der Waals surface area contributed by atoms with Crippen LogP contribution in [0.1, 0.15) is 37.6 Å². The van der Waals surface area contributed by atoms with Crippen molar-refractivity contribution < 1.29 is 23.8 Å². The van der Waals surface area contributed by atoms with Gasteiger partial charge in [-0.05, 0) is 48.9 Å². The normalized spacial score (nSPS) is 14.7. The zero-order valence-electron chi connectivity index (χ0n) is 27.4. The summed E-state index contributed by atoms with van der Waals surface area (Å²) in [5.74, 6) is 1.54. The first-order valence-electron chi connectivity index (χ1n) is 15.8. The molecule has 0 bridgehead atoms. The standard InChI is InChI=1S/C36H39N7O5/c1-23-9-11-25(12-10-23)43-32(20-30(42-43)36(2,3)4)41-34(44)39-28-13-14-29(27-8-6-5-7-26(27)28)47-21-24-15-16-37-31(19-24)40-35(45)48-33-22-46-18-17-38-33/h5-16,19-20,33,38H,17-18,21-22H2,1-4H3,(H,37,40,45)(H2,39,41,44)/t33-/m1/s1. The number of hydrogen-bond acceptors (Lipinski definition) is 8. The Labute approximate surface area is 278 Å². The maximum atomic E-state index is 13.4. The summed E-state index contributed by atoms with van der Waals surface area (Å²) >= 11 is 0. The van der Waals surface area contributed by atoms with Gasteiger partial charge in [-0.1, -0.05) is 62.7 Å². The van der Waals surface area contributed by atoms with Crippen LogP contribution in [0.4, 0.5) is 26.9 Å². The van der Waals surface area contributed by atoms with E-state index >= 15 is 0 Å². The number of hydrogen-bond donors (Lipinski definition) is 4. The second-order valence-electron chi connectivity index (χ2n) is 12.5. The monoisotopic (exact) mass is 649 g/mol. The molecule has 1 fully saturated rings. The van der Waals surface area contributed by atoms with Gasteiger partial charge in [0.1, 0.15) is 24.0 Å². The smallest absolute Gasteiger partial charge is 0.414 e. The minimum Gasteiger partial charge on any atom is -0.488 e. The average molecular weight is 650 g/mol. The molecule has 3 aromatic carbocycles. The summed E-state index contributed by atoms with van der Waals surface area (Å²) in [4.78, 5) is 29.9. The first-order chi connectivity index (χ1) is 23.1. The van der Waals surface area contributed by atoms with Gasteiger partial charge in [0, 0.05) is 35.0 Å². The van der Waals surface area contributed by atoms with Gasteiger partial charge in [-0.15, -0.1) is 0 Å². The van der Waals surface area contributed by atoms with Crippen molar-refractivity contribution in [3.05, 3.63) is 102 Å². The Morgan fingerprint density at radius 2 is 1.77 bits per heavy atom. The molecule has 2 aromatic heterocycles. The molecule has 12 nitrogen and oxygen atoms in total. The van der Waals surface area contributed by atoms with E-state index in [0.717, 1.165) is 33.3 Å². The number of carbonyl (C=O) groups is 2. The van der Waals surface area contributed by atoms with Crippen molar-refractivity contribution in [2.75, 3.05) is 35.7 Å². The van der Waals surface area contributed by atoms with Crippen LogP contribution in [0, 0.1) is 6.92 Å². The Kier molecular flexibility index (Phi) is 9.55. The number of ether oxygens (including phenoxy) is 3. The van der Waals surface area contributed by atoms with E-state index in [0.29, 0.717) is 42.8 Å². The second-order valence-corrected chi connectivity index (χ2v) is 12.5.